The molecule has 1 amide bonds. The second kappa shape index (κ2) is 8.12. The van der Waals surface area contributed by atoms with E-state index in [2.05, 4.69) is 4.98 Å². The number of aromatic nitrogens is 1. The van der Waals surface area contributed by atoms with Crippen molar-refractivity contribution < 1.29 is 14.7 Å². The Morgan fingerprint density at radius 3 is 2.68 bits per heavy atom. The lowest BCUT2D eigenvalue weighted by Gasteiger charge is -2.33. The number of carbonyl (C=O) groups is 2. The number of carboxylic acid groups (broad SMARTS) is 1. The number of carbonyl (C=O) groups excluding carboxylic acids is 1. The Hall–Kier alpha value is -1.63. The normalized spacial score (nSPS) is 15.5. The van der Waals surface area contributed by atoms with Crippen LogP contribution in [0.3, 0.4) is 0 Å². The van der Waals surface area contributed by atoms with E-state index in [-0.39, 0.29) is 18.9 Å². The summed E-state index contributed by atoms with van der Waals surface area (Å²) < 4.78 is 0. The van der Waals surface area contributed by atoms with Crippen molar-refractivity contribution in [3.8, 4) is 0 Å². The van der Waals surface area contributed by atoms with Gasteiger partial charge >= 0.3 is 5.97 Å². The van der Waals surface area contributed by atoms with E-state index in [4.69, 9.17) is 5.11 Å². The number of hydrogen-bond donors (Lipinski definition) is 1. The van der Waals surface area contributed by atoms with E-state index in [0.717, 1.165) is 12.8 Å². The Bertz CT molecular complexity index is 486. The van der Waals surface area contributed by atoms with Crippen molar-refractivity contribution in [3.63, 3.8) is 0 Å². The highest BCUT2D eigenvalue weighted by molar-refractivity contribution is 7.13. The Kier molecular flexibility index (Phi) is 6.18. The first-order chi connectivity index (χ1) is 10.6. The molecule has 0 atom stereocenters. The lowest BCUT2D eigenvalue weighted by molar-refractivity contribution is -0.137. The van der Waals surface area contributed by atoms with E-state index in [1.807, 2.05) is 17.3 Å². The molecular formula is C15H23N3O3S. The van der Waals surface area contributed by atoms with Crippen LogP contribution in [0.15, 0.2) is 11.6 Å². The summed E-state index contributed by atoms with van der Waals surface area (Å²) >= 11 is 1.42. The van der Waals surface area contributed by atoms with E-state index >= 15 is 0 Å². The van der Waals surface area contributed by atoms with E-state index < -0.39 is 5.97 Å². The first kappa shape index (κ1) is 16.7. The van der Waals surface area contributed by atoms with Gasteiger partial charge in [-0.15, -0.1) is 11.3 Å². The van der Waals surface area contributed by atoms with Crippen LogP contribution < -0.4 is 4.90 Å². The molecule has 1 aliphatic carbocycles. The molecule has 2 rings (SSSR count). The van der Waals surface area contributed by atoms with Gasteiger partial charge in [-0.3, -0.25) is 9.59 Å². The predicted octanol–water partition coefficient (Wildman–Crippen LogP) is 2.22. The van der Waals surface area contributed by atoms with Crippen LogP contribution in [-0.4, -0.2) is 53.0 Å². The highest BCUT2D eigenvalue weighted by Gasteiger charge is 2.24. The average Bonchev–Trinajstić information content (AvgIpc) is 3.05. The molecule has 0 aromatic carbocycles. The number of hydrogen-bond acceptors (Lipinski definition) is 5. The lowest BCUT2D eigenvalue weighted by atomic mass is 9.94. The summed E-state index contributed by atoms with van der Waals surface area (Å²) in [6.07, 6.45) is 7.41. The molecule has 1 aliphatic rings. The number of thiazole rings is 1. The van der Waals surface area contributed by atoms with E-state index in [0.29, 0.717) is 17.7 Å². The van der Waals surface area contributed by atoms with Gasteiger partial charge in [0.25, 0.3) is 0 Å². The van der Waals surface area contributed by atoms with E-state index in [1.54, 1.807) is 11.1 Å². The third kappa shape index (κ3) is 4.69. The molecule has 0 saturated heterocycles. The summed E-state index contributed by atoms with van der Waals surface area (Å²) in [5, 5.41) is 11.4. The fraction of sp³-hybridized carbons (Fsp3) is 0.667. The summed E-state index contributed by atoms with van der Waals surface area (Å²) in [4.78, 5) is 31.1. The number of anilines is 1. The minimum atomic E-state index is -0.866. The number of carboxylic acids is 1. The maximum absolute atomic E-state index is 12.5. The summed E-state index contributed by atoms with van der Waals surface area (Å²) in [5.41, 5.74) is 0. The summed E-state index contributed by atoms with van der Waals surface area (Å²) in [6, 6.07) is 0.318. The van der Waals surface area contributed by atoms with Crippen molar-refractivity contribution in [2.24, 2.45) is 0 Å². The Balaban J connectivity index is 1.96. The molecule has 1 aromatic heterocycles. The quantitative estimate of drug-likeness (QED) is 0.832. The first-order valence-electron chi connectivity index (χ1n) is 7.70. The summed E-state index contributed by atoms with van der Waals surface area (Å²) in [5.74, 6) is -0.831. The van der Waals surface area contributed by atoms with Crippen molar-refractivity contribution in [2.75, 3.05) is 25.0 Å². The van der Waals surface area contributed by atoms with Crippen LogP contribution in [0.1, 0.15) is 38.5 Å². The second-order valence-corrected chi connectivity index (χ2v) is 6.55. The maximum atomic E-state index is 12.5. The molecule has 6 nitrogen and oxygen atoms in total. The smallest absolute Gasteiger partial charge is 0.305 e. The molecule has 0 bridgehead atoms. The van der Waals surface area contributed by atoms with Crippen molar-refractivity contribution in [3.05, 3.63) is 11.6 Å². The van der Waals surface area contributed by atoms with Crippen molar-refractivity contribution in [2.45, 2.75) is 44.6 Å². The fourth-order valence-electron chi connectivity index (χ4n) is 2.79. The highest BCUT2D eigenvalue weighted by Crippen LogP contribution is 2.23. The van der Waals surface area contributed by atoms with Crippen LogP contribution in [0, 0.1) is 0 Å². The van der Waals surface area contributed by atoms with Crippen LogP contribution in [-0.2, 0) is 9.59 Å². The molecule has 0 radical (unpaired) electrons. The minimum Gasteiger partial charge on any atom is -0.481 e. The number of aliphatic carboxylic acids is 1. The molecule has 1 aromatic rings. The van der Waals surface area contributed by atoms with Crippen LogP contribution in [0.5, 0.6) is 0 Å². The van der Waals surface area contributed by atoms with Gasteiger partial charge in [0.1, 0.15) is 0 Å². The van der Waals surface area contributed by atoms with Gasteiger partial charge in [-0.2, -0.15) is 0 Å². The molecular weight excluding hydrogens is 302 g/mol. The maximum Gasteiger partial charge on any atom is 0.305 e. The average molecular weight is 325 g/mol. The molecule has 22 heavy (non-hydrogen) atoms. The predicted molar refractivity (Wildman–Crippen MR) is 86.2 cm³/mol. The van der Waals surface area contributed by atoms with Crippen molar-refractivity contribution >= 4 is 28.3 Å². The second-order valence-electron chi connectivity index (χ2n) is 5.68. The molecule has 1 heterocycles. The molecule has 7 heteroatoms. The Morgan fingerprint density at radius 2 is 2.09 bits per heavy atom. The third-order valence-electron chi connectivity index (χ3n) is 4.13. The van der Waals surface area contributed by atoms with E-state index in [1.165, 1.54) is 30.6 Å². The van der Waals surface area contributed by atoms with Gasteiger partial charge in [-0.25, -0.2) is 4.98 Å². The number of likely N-dealkylation sites (N-methyl/N-ethyl adjacent to an activating group) is 1. The highest BCUT2D eigenvalue weighted by atomic mass is 32.1. The number of amides is 1. The molecule has 0 spiro atoms. The van der Waals surface area contributed by atoms with E-state index in [9.17, 15) is 9.59 Å². The fourth-order valence-corrected chi connectivity index (χ4v) is 3.46. The summed E-state index contributed by atoms with van der Waals surface area (Å²) in [7, 11) is 1.86. The van der Waals surface area contributed by atoms with Gasteiger partial charge < -0.3 is 14.9 Å². The molecule has 1 N–H and O–H groups in total. The molecule has 1 saturated carbocycles. The minimum absolute atomic E-state index is 0.00000283. The molecule has 122 valence electrons. The Labute approximate surface area is 134 Å². The molecule has 1 fully saturated rings. The van der Waals surface area contributed by atoms with Gasteiger partial charge in [-0.1, -0.05) is 19.3 Å². The first-order valence-corrected chi connectivity index (χ1v) is 8.58. The van der Waals surface area contributed by atoms with Gasteiger partial charge in [-0.05, 0) is 12.8 Å². The van der Waals surface area contributed by atoms with Crippen LogP contribution in [0.4, 0.5) is 5.13 Å². The molecule has 0 aliphatic heterocycles. The summed E-state index contributed by atoms with van der Waals surface area (Å²) in [6.45, 7) is 0.487. The monoisotopic (exact) mass is 325 g/mol. The third-order valence-corrected chi connectivity index (χ3v) is 4.96. The lowest BCUT2D eigenvalue weighted by Crippen LogP contribution is -2.44. The van der Waals surface area contributed by atoms with Crippen molar-refractivity contribution in [1.29, 1.82) is 0 Å². The largest absolute Gasteiger partial charge is 0.481 e. The van der Waals surface area contributed by atoms with Crippen LogP contribution in [0.25, 0.3) is 0 Å². The molecule has 0 unspecified atom stereocenters. The zero-order valence-electron chi connectivity index (χ0n) is 12.9. The van der Waals surface area contributed by atoms with Crippen LogP contribution in [0.2, 0.25) is 0 Å². The zero-order chi connectivity index (χ0) is 15.9. The van der Waals surface area contributed by atoms with Crippen molar-refractivity contribution in [1.82, 2.24) is 9.88 Å². The number of nitrogens with zero attached hydrogens (tertiary/aromatic N) is 3. The van der Waals surface area contributed by atoms with Gasteiger partial charge in [0.05, 0.1) is 13.0 Å². The van der Waals surface area contributed by atoms with Gasteiger partial charge in [0, 0.05) is 31.2 Å². The van der Waals surface area contributed by atoms with Gasteiger partial charge in [0.15, 0.2) is 5.13 Å². The zero-order valence-corrected chi connectivity index (χ0v) is 13.7. The standard InChI is InChI=1S/C15H23N3O3S/c1-17(12-5-3-2-4-6-12)13(19)11-18(9-7-14(20)21)15-16-8-10-22-15/h8,10,12H,2-7,9,11H2,1H3,(H,20,21). The topological polar surface area (TPSA) is 73.7 Å². The van der Waals surface area contributed by atoms with Crippen LogP contribution >= 0.6 is 11.3 Å². The Morgan fingerprint density at radius 1 is 1.36 bits per heavy atom. The number of rotatable bonds is 7. The van der Waals surface area contributed by atoms with Gasteiger partial charge in [0.2, 0.25) is 5.91 Å². The SMILES string of the molecule is CN(C(=O)CN(CCC(=O)O)c1nccs1)C1CCCCC1.